The largest absolute Gasteiger partial charge is 0.326 e. The average molecular weight is 410 g/mol. The van der Waals surface area contributed by atoms with E-state index in [0.717, 1.165) is 33.3 Å². The van der Waals surface area contributed by atoms with Crippen molar-refractivity contribution in [2.75, 3.05) is 6.54 Å². The van der Waals surface area contributed by atoms with Gasteiger partial charge < -0.3 is 4.90 Å². The third-order valence-electron chi connectivity index (χ3n) is 4.82. The Morgan fingerprint density at radius 2 is 1.96 bits per heavy atom. The van der Waals surface area contributed by atoms with Crippen molar-refractivity contribution in [3.05, 3.63) is 75.4 Å². The van der Waals surface area contributed by atoms with E-state index in [9.17, 15) is 4.79 Å². The Labute approximate surface area is 161 Å². The number of nitrogens with zero attached hydrogens (tertiary/aromatic N) is 2. The number of aryl methyl sites for hydroxylation is 1. The lowest BCUT2D eigenvalue weighted by atomic mass is 9.96. The van der Waals surface area contributed by atoms with Gasteiger partial charge in [0.1, 0.15) is 5.69 Å². The van der Waals surface area contributed by atoms with Gasteiger partial charge in [-0.2, -0.15) is 5.10 Å². The number of carbonyl (C=O) groups excluding carboxylic acids is 1. The number of fused-ring (bicyclic) bond motifs is 1. The van der Waals surface area contributed by atoms with Crippen LogP contribution in [0.15, 0.2) is 53.0 Å². The van der Waals surface area contributed by atoms with E-state index < -0.39 is 0 Å². The highest BCUT2D eigenvalue weighted by Crippen LogP contribution is 2.43. The summed E-state index contributed by atoms with van der Waals surface area (Å²) in [6.45, 7) is 4.87. The number of rotatable bonds is 4. The second-order valence-electron chi connectivity index (χ2n) is 6.68. The molecule has 0 radical (unpaired) electrons. The maximum absolute atomic E-state index is 13.0. The molecule has 0 aliphatic carbocycles. The zero-order chi connectivity index (χ0) is 18.3. The van der Waals surface area contributed by atoms with Gasteiger partial charge in [0.2, 0.25) is 0 Å². The van der Waals surface area contributed by atoms with Gasteiger partial charge in [-0.05, 0) is 31.0 Å². The normalized spacial score (nSPS) is 16.2. The number of halogens is 1. The number of aromatic nitrogens is 2. The molecular weight excluding hydrogens is 390 g/mol. The monoisotopic (exact) mass is 409 g/mol. The van der Waals surface area contributed by atoms with Crippen molar-refractivity contribution in [2.24, 2.45) is 0 Å². The predicted molar refractivity (Wildman–Crippen MR) is 106 cm³/mol. The van der Waals surface area contributed by atoms with Crippen molar-refractivity contribution >= 4 is 21.8 Å². The molecule has 26 heavy (non-hydrogen) atoms. The zero-order valence-corrected chi connectivity index (χ0v) is 16.4. The van der Waals surface area contributed by atoms with Gasteiger partial charge in [0, 0.05) is 22.1 Å². The molecule has 3 aromatic rings. The van der Waals surface area contributed by atoms with Crippen molar-refractivity contribution in [2.45, 2.75) is 26.3 Å². The Kier molecular flexibility index (Phi) is 4.41. The summed E-state index contributed by atoms with van der Waals surface area (Å²) in [5.41, 5.74) is 5.77. The van der Waals surface area contributed by atoms with E-state index in [4.69, 9.17) is 0 Å². The minimum Gasteiger partial charge on any atom is -0.326 e. The fourth-order valence-corrected chi connectivity index (χ4v) is 4.04. The first-order valence-electron chi connectivity index (χ1n) is 8.82. The number of H-pyrrole nitrogens is 1. The summed E-state index contributed by atoms with van der Waals surface area (Å²) in [6, 6.07) is 16.3. The zero-order valence-electron chi connectivity index (χ0n) is 14.8. The van der Waals surface area contributed by atoms with Crippen LogP contribution in [-0.4, -0.2) is 27.5 Å². The SMILES string of the molecule is CCCN1C(=O)c2[nH]nc(-c3ccc(C)cc3)c2C1c1cccc(Br)c1. The number of hydrogen-bond acceptors (Lipinski definition) is 2. The maximum Gasteiger partial charge on any atom is 0.273 e. The molecule has 1 aliphatic heterocycles. The molecule has 1 unspecified atom stereocenters. The van der Waals surface area contributed by atoms with Crippen molar-refractivity contribution < 1.29 is 4.79 Å². The summed E-state index contributed by atoms with van der Waals surface area (Å²) in [5.74, 6) is 0.0256. The number of hydrogen-bond donors (Lipinski definition) is 1. The second-order valence-corrected chi connectivity index (χ2v) is 7.60. The van der Waals surface area contributed by atoms with E-state index in [2.05, 4.69) is 76.4 Å². The Hall–Kier alpha value is -2.40. The van der Waals surface area contributed by atoms with Crippen LogP contribution in [0.1, 0.15) is 46.6 Å². The fraction of sp³-hybridized carbons (Fsp3) is 0.238. The lowest BCUT2D eigenvalue weighted by Crippen LogP contribution is -2.30. The Balaban J connectivity index is 1.89. The van der Waals surface area contributed by atoms with E-state index >= 15 is 0 Å². The lowest BCUT2D eigenvalue weighted by Gasteiger charge is -2.26. The average Bonchev–Trinajstić information content (AvgIpc) is 3.16. The number of benzene rings is 2. The fourth-order valence-electron chi connectivity index (χ4n) is 3.62. The molecule has 4 rings (SSSR count). The maximum atomic E-state index is 13.0. The van der Waals surface area contributed by atoms with Crippen molar-refractivity contribution in [3.8, 4) is 11.3 Å². The van der Waals surface area contributed by atoms with Crippen LogP contribution in [0.2, 0.25) is 0 Å². The van der Waals surface area contributed by atoms with Crippen LogP contribution in [0.3, 0.4) is 0 Å². The highest BCUT2D eigenvalue weighted by atomic mass is 79.9. The summed E-state index contributed by atoms with van der Waals surface area (Å²) >= 11 is 3.56. The first-order chi connectivity index (χ1) is 12.6. The highest BCUT2D eigenvalue weighted by molar-refractivity contribution is 9.10. The molecule has 1 aliphatic rings. The molecule has 0 spiro atoms. The van der Waals surface area contributed by atoms with Gasteiger partial charge in [-0.3, -0.25) is 9.89 Å². The van der Waals surface area contributed by atoms with Crippen molar-refractivity contribution in [1.82, 2.24) is 15.1 Å². The third kappa shape index (κ3) is 2.76. The van der Waals surface area contributed by atoms with Crippen LogP contribution < -0.4 is 0 Å². The molecule has 5 heteroatoms. The van der Waals surface area contributed by atoms with E-state index in [1.165, 1.54) is 5.56 Å². The minimum absolute atomic E-state index is 0.0256. The standard InChI is InChI=1S/C21H20BrN3O/c1-3-11-25-20(15-5-4-6-16(22)12-15)17-18(23-24-19(17)21(25)26)14-9-7-13(2)8-10-14/h4-10,12,20H,3,11H2,1-2H3,(H,23,24). The summed E-state index contributed by atoms with van der Waals surface area (Å²) in [4.78, 5) is 14.9. The van der Waals surface area contributed by atoms with E-state index in [-0.39, 0.29) is 11.9 Å². The summed E-state index contributed by atoms with van der Waals surface area (Å²) in [5, 5.41) is 7.50. The summed E-state index contributed by atoms with van der Waals surface area (Å²) in [7, 11) is 0. The van der Waals surface area contributed by atoms with Gasteiger partial charge >= 0.3 is 0 Å². The molecule has 1 amide bonds. The smallest absolute Gasteiger partial charge is 0.273 e. The molecule has 0 saturated carbocycles. The van der Waals surface area contributed by atoms with Gasteiger partial charge in [0.05, 0.1) is 11.7 Å². The van der Waals surface area contributed by atoms with Crippen LogP contribution in [-0.2, 0) is 0 Å². The Bertz CT molecular complexity index is 962. The van der Waals surface area contributed by atoms with Crippen LogP contribution in [0.25, 0.3) is 11.3 Å². The van der Waals surface area contributed by atoms with Crippen LogP contribution in [0.4, 0.5) is 0 Å². The molecule has 0 saturated heterocycles. The lowest BCUT2D eigenvalue weighted by molar-refractivity contribution is 0.0744. The first-order valence-corrected chi connectivity index (χ1v) is 9.61. The van der Waals surface area contributed by atoms with Gasteiger partial charge in [0.25, 0.3) is 5.91 Å². The number of carbonyl (C=O) groups is 1. The topological polar surface area (TPSA) is 49.0 Å². The van der Waals surface area contributed by atoms with E-state index in [1.807, 2.05) is 17.0 Å². The van der Waals surface area contributed by atoms with Crippen molar-refractivity contribution in [1.29, 1.82) is 0 Å². The molecule has 2 aromatic carbocycles. The number of nitrogens with one attached hydrogen (secondary N) is 1. The quantitative estimate of drug-likeness (QED) is 0.651. The second kappa shape index (κ2) is 6.72. The van der Waals surface area contributed by atoms with Gasteiger partial charge in [-0.1, -0.05) is 64.8 Å². The molecule has 1 N–H and O–H groups in total. The van der Waals surface area contributed by atoms with Gasteiger partial charge in [0.15, 0.2) is 0 Å². The number of amides is 1. The van der Waals surface area contributed by atoms with Gasteiger partial charge in [-0.25, -0.2) is 0 Å². The Morgan fingerprint density at radius 1 is 1.19 bits per heavy atom. The van der Waals surface area contributed by atoms with Crippen molar-refractivity contribution in [3.63, 3.8) is 0 Å². The minimum atomic E-state index is -0.120. The molecule has 2 heterocycles. The molecule has 1 atom stereocenters. The summed E-state index contributed by atoms with van der Waals surface area (Å²) in [6.07, 6.45) is 0.911. The Morgan fingerprint density at radius 3 is 2.65 bits per heavy atom. The van der Waals surface area contributed by atoms with E-state index in [1.54, 1.807) is 0 Å². The third-order valence-corrected chi connectivity index (χ3v) is 5.31. The predicted octanol–water partition coefficient (Wildman–Crippen LogP) is 5.10. The molecule has 1 aromatic heterocycles. The number of aromatic amines is 1. The molecular formula is C21H20BrN3O. The first kappa shape index (κ1) is 17.0. The van der Waals surface area contributed by atoms with Crippen LogP contribution >= 0.6 is 15.9 Å². The molecule has 0 fully saturated rings. The van der Waals surface area contributed by atoms with Gasteiger partial charge in [-0.15, -0.1) is 0 Å². The van der Waals surface area contributed by atoms with Crippen LogP contribution in [0.5, 0.6) is 0 Å². The molecule has 0 bridgehead atoms. The summed E-state index contributed by atoms with van der Waals surface area (Å²) < 4.78 is 1.01. The van der Waals surface area contributed by atoms with Crippen LogP contribution in [0, 0.1) is 6.92 Å². The molecule has 4 nitrogen and oxygen atoms in total. The highest BCUT2D eigenvalue weighted by Gasteiger charge is 2.41. The molecule has 132 valence electrons. The van der Waals surface area contributed by atoms with E-state index in [0.29, 0.717) is 12.2 Å².